The van der Waals surface area contributed by atoms with E-state index in [0.717, 1.165) is 19.6 Å². The van der Waals surface area contributed by atoms with Gasteiger partial charge in [0.2, 0.25) is 0 Å². The molecular weight excluding hydrogens is 180 g/mol. The van der Waals surface area contributed by atoms with Crippen LogP contribution in [0.25, 0.3) is 0 Å². The lowest BCUT2D eigenvalue weighted by atomic mass is 10.1. The van der Waals surface area contributed by atoms with Gasteiger partial charge < -0.3 is 9.64 Å². The second-order valence-electron chi connectivity index (χ2n) is 4.02. The normalized spacial score (nSPS) is 27.3. The van der Waals surface area contributed by atoms with Crippen LogP contribution >= 0.6 is 0 Å². The van der Waals surface area contributed by atoms with Gasteiger partial charge in [-0.2, -0.15) is 0 Å². The minimum absolute atomic E-state index is 0.115. The van der Waals surface area contributed by atoms with E-state index in [0.29, 0.717) is 6.04 Å². The number of nitrogens with zero attached hydrogens (tertiary/aromatic N) is 2. The molecule has 1 rings (SSSR count). The number of carbonyl (C=O) groups excluding carboxylic acids is 1. The highest BCUT2D eigenvalue weighted by molar-refractivity contribution is 5.75. The van der Waals surface area contributed by atoms with E-state index in [2.05, 4.69) is 23.8 Å². The van der Waals surface area contributed by atoms with Crippen LogP contribution in [0.3, 0.4) is 0 Å². The van der Waals surface area contributed by atoms with E-state index in [4.69, 9.17) is 4.74 Å². The number of rotatable bonds is 2. The van der Waals surface area contributed by atoms with Crippen LogP contribution in [0.15, 0.2) is 0 Å². The molecule has 0 aromatic heterocycles. The SMILES string of the molecule is COC(=O)C(C)N1CCN(C)C(C)C1. The van der Waals surface area contributed by atoms with Gasteiger partial charge in [0.15, 0.2) is 0 Å². The van der Waals surface area contributed by atoms with E-state index in [9.17, 15) is 4.79 Å². The van der Waals surface area contributed by atoms with Crippen molar-refractivity contribution in [3.63, 3.8) is 0 Å². The Morgan fingerprint density at radius 3 is 2.64 bits per heavy atom. The van der Waals surface area contributed by atoms with Crippen LogP contribution in [-0.4, -0.2) is 61.6 Å². The van der Waals surface area contributed by atoms with E-state index in [1.807, 2.05) is 6.92 Å². The minimum atomic E-state index is -0.137. The molecule has 0 radical (unpaired) electrons. The van der Waals surface area contributed by atoms with Gasteiger partial charge in [-0.05, 0) is 20.9 Å². The van der Waals surface area contributed by atoms with Crippen LogP contribution in [0, 0.1) is 0 Å². The molecule has 1 aliphatic heterocycles. The molecule has 0 aromatic rings. The molecule has 1 aliphatic rings. The van der Waals surface area contributed by atoms with E-state index >= 15 is 0 Å². The Bertz CT molecular complexity index is 208. The zero-order valence-electron chi connectivity index (χ0n) is 9.49. The maximum atomic E-state index is 11.3. The predicted octanol–water partition coefficient (Wildman–Crippen LogP) is 0.184. The van der Waals surface area contributed by atoms with Crippen molar-refractivity contribution in [2.75, 3.05) is 33.8 Å². The van der Waals surface area contributed by atoms with Crippen molar-refractivity contribution in [3.8, 4) is 0 Å². The molecule has 1 saturated heterocycles. The van der Waals surface area contributed by atoms with Gasteiger partial charge in [0.1, 0.15) is 6.04 Å². The first kappa shape index (κ1) is 11.5. The maximum Gasteiger partial charge on any atom is 0.322 e. The number of hydrogen-bond donors (Lipinski definition) is 0. The zero-order chi connectivity index (χ0) is 10.7. The Balaban J connectivity index is 2.50. The molecule has 2 unspecified atom stereocenters. The van der Waals surface area contributed by atoms with Gasteiger partial charge in [-0.25, -0.2) is 0 Å². The Morgan fingerprint density at radius 2 is 2.14 bits per heavy atom. The molecule has 0 amide bonds. The second kappa shape index (κ2) is 4.75. The molecule has 0 bridgehead atoms. The molecule has 1 heterocycles. The molecule has 0 saturated carbocycles. The number of esters is 1. The summed E-state index contributed by atoms with van der Waals surface area (Å²) in [6.45, 7) is 6.98. The molecule has 0 aromatic carbocycles. The third kappa shape index (κ3) is 2.45. The summed E-state index contributed by atoms with van der Waals surface area (Å²) in [5.74, 6) is -0.137. The number of likely N-dealkylation sites (N-methyl/N-ethyl adjacent to an activating group) is 1. The molecule has 0 N–H and O–H groups in total. The average molecular weight is 200 g/mol. The number of carbonyl (C=O) groups is 1. The maximum absolute atomic E-state index is 11.3. The lowest BCUT2D eigenvalue weighted by Crippen LogP contribution is -2.54. The van der Waals surface area contributed by atoms with Gasteiger partial charge in [0.05, 0.1) is 7.11 Å². The summed E-state index contributed by atoms with van der Waals surface area (Å²) >= 11 is 0. The second-order valence-corrected chi connectivity index (χ2v) is 4.02. The first-order valence-corrected chi connectivity index (χ1v) is 5.08. The fraction of sp³-hybridized carbons (Fsp3) is 0.900. The monoisotopic (exact) mass is 200 g/mol. The average Bonchev–Trinajstić information content (AvgIpc) is 2.20. The van der Waals surface area contributed by atoms with Gasteiger partial charge >= 0.3 is 5.97 Å². The Labute approximate surface area is 85.8 Å². The molecule has 82 valence electrons. The molecule has 1 fully saturated rings. The Morgan fingerprint density at radius 1 is 1.50 bits per heavy atom. The summed E-state index contributed by atoms with van der Waals surface area (Å²) in [6, 6.07) is 0.395. The molecule has 4 nitrogen and oxygen atoms in total. The first-order valence-electron chi connectivity index (χ1n) is 5.08. The fourth-order valence-electron chi connectivity index (χ4n) is 1.75. The van der Waals surface area contributed by atoms with Crippen molar-refractivity contribution in [3.05, 3.63) is 0 Å². The van der Waals surface area contributed by atoms with Crippen LogP contribution in [0.1, 0.15) is 13.8 Å². The minimum Gasteiger partial charge on any atom is -0.468 e. The summed E-state index contributed by atoms with van der Waals surface area (Å²) in [5, 5.41) is 0. The van der Waals surface area contributed by atoms with Gasteiger partial charge in [0, 0.05) is 25.7 Å². The van der Waals surface area contributed by atoms with Crippen LogP contribution < -0.4 is 0 Å². The third-order valence-electron chi connectivity index (χ3n) is 3.08. The van der Waals surface area contributed by atoms with Gasteiger partial charge in [0.25, 0.3) is 0 Å². The highest BCUT2D eigenvalue weighted by Gasteiger charge is 2.28. The first-order chi connectivity index (χ1) is 6.56. The predicted molar refractivity (Wildman–Crippen MR) is 55.1 cm³/mol. The molecule has 0 spiro atoms. The van der Waals surface area contributed by atoms with Crippen LogP contribution in [0.5, 0.6) is 0 Å². The molecule has 4 heteroatoms. The van der Waals surface area contributed by atoms with Crippen molar-refractivity contribution in [2.24, 2.45) is 0 Å². The highest BCUT2D eigenvalue weighted by Crippen LogP contribution is 2.10. The largest absolute Gasteiger partial charge is 0.468 e. The summed E-state index contributed by atoms with van der Waals surface area (Å²) < 4.78 is 4.73. The summed E-state index contributed by atoms with van der Waals surface area (Å²) in [7, 11) is 3.56. The van der Waals surface area contributed by atoms with Crippen LogP contribution in [-0.2, 0) is 9.53 Å². The molecule has 14 heavy (non-hydrogen) atoms. The number of methoxy groups -OCH3 is 1. The molecular formula is C10H20N2O2. The van der Waals surface area contributed by atoms with Gasteiger partial charge in [-0.15, -0.1) is 0 Å². The van der Waals surface area contributed by atoms with Crippen LogP contribution in [0.4, 0.5) is 0 Å². The lowest BCUT2D eigenvalue weighted by Gasteiger charge is -2.39. The van der Waals surface area contributed by atoms with Crippen molar-refractivity contribution in [1.82, 2.24) is 9.80 Å². The quantitative estimate of drug-likeness (QED) is 0.595. The van der Waals surface area contributed by atoms with E-state index in [1.54, 1.807) is 0 Å². The summed E-state index contributed by atoms with van der Waals surface area (Å²) in [4.78, 5) is 15.8. The zero-order valence-corrected chi connectivity index (χ0v) is 9.49. The van der Waals surface area contributed by atoms with E-state index in [-0.39, 0.29) is 12.0 Å². The van der Waals surface area contributed by atoms with Gasteiger partial charge in [-0.1, -0.05) is 0 Å². The smallest absolute Gasteiger partial charge is 0.322 e. The fourth-order valence-corrected chi connectivity index (χ4v) is 1.75. The summed E-state index contributed by atoms with van der Waals surface area (Å²) in [6.07, 6.45) is 0. The summed E-state index contributed by atoms with van der Waals surface area (Å²) in [5.41, 5.74) is 0. The topological polar surface area (TPSA) is 32.8 Å². The van der Waals surface area contributed by atoms with E-state index < -0.39 is 0 Å². The van der Waals surface area contributed by atoms with Crippen molar-refractivity contribution in [1.29, 1.82) is 0 Å². The molecule has 2 atom stereocenters. The van der Waals surface area contributed by atoms with Crippen molar-refractivity contribution in [2.45, 2.75) is 25.9 Å². The number of piperazine rings is 1. The van der Waals surface area contributed by atoms with Gasteiger partial charge in [-0.3, -0.25) is 9.69 Å². The third-order valence-corrected chi connectivity index (χ3v) is 3.08. The van der Waals surface area contributed by atoms with Crippen LogP contribution in [0.2, 0.25) is 0 Å². The van der Waals surface area contributed by atoms with Crippen molar-refractivity contribution >= 4 is 5.97 Å². The standard InChI is InChI=1S/C10H20N2O2/c1-8-7-12(6-5-11(8)3)9(2)10(13)14-4/h8-9H,5-7H2,1-4H3. The highest BCUT2D eigenvalue weighted by atomic mass is 16.5. The Kier molecular flexibility index (Phi) is 3.89. The lowest BCUT2D eigenvalue weighted by molar-refractivity contribution is -0.147. The number of hydrogen-bond acceptors (Lipinski definition) is 4. The van der Waals surface area contributed by atoms with E-state index in [1.165, 1.54) is 7.11 Å². The van der Waals surface area contributed by atoms with Crippen molar-refractivity contribution < 1.29 is 9.53 Å². The number of ether oxygens (including phenoxy) is 1. The molecule has 0 aliphatic carbocycles. The Hall–Kier alpha value is -0.610.